The molecule has 4 rings (SSSR count). The lowest BCUT2D eigenvalue weighted by atomic mass is 10.1. The SMILES string of the molecule is Cc1ccc(NC(=O)/C(C#N)=C\c2cc(C)n(-c3ccc4ncccc4c3)c2C)cc1C. The number of aromatic nitrogens is 2. The van der Waals surface area contributed by atoms with Crippen molar-refractivity contribution in [2.45, 2.75) is 27.7 Å². The monoisotopic (exact) mass is 420 g/mol. The average Bonchev–Trinajstić information content (AvgIpc) is 3.06. The van der Waals surface area contributed by atoms with Gasteiger partial charge in [0, 0.05) is 34.3 Å². The van der Waals surface area contributed by atoms with Crippen molar-refractivity contribution >= 4 is 28.6 Å². The molecule has 1 amide bonds. The normalized spacial score (nSPS) is 11.4. The number of hydrogen-bond acceptors (Lipinski definition) is 3. The zero-order valence-electron chi connectivity index (χ0n) is 18.6. The first-order valence-electron chi connectivity index (χ1n) is 10.4. The quantitative estimate of drug-likeness (QED) is 0.335. The molecule has 32 heavy (non-hydrogen) atoms. The molecule has 0 aliphatic rings. The molecule has 2 heterocycles. The van der Waals surface area contributed by atoms with Crippen LogP contribution in [0.2, 0.25) is 0 Å². The molecule has 0 bridgehead atoms. The summed E-state index contributed by atoms with van der Waals surface area (Å²) in [5.74, 6) is -0.419. The average molecular weight is 421 g/mol. The predicted molar refractivity (Wildman–Crippen MR) is 129 cm³/mol. The van der Waals surface area contributed by atoms with Gasteiger partial charge >= 0.3 is 0 Å². The molecule has 4 aromatic rings. The predicted octanol–water partition coefficient (Wildman–Crippen LogP) is 5.80. The third-order valence-corrected chi connectivity index (χ3v) is 5.74. The van der Waals surface area contributed by atoms with Crippen molar-refractivity contribution in [3.05, 3.63) is 94.4 Å². The van der Waals surface area contributed by atoms with E-state index in [9.17, 15) is 10.1 Å². The summed E-state index contributed by atoms with van der Waals surface area (Å²) in [5, 5.41) is 13.5. The number of carbonyl (C=O) groups excluding carboxylic acids is 1. The van der Waals surface area contributed by atoms with Gasteiger partial charge in [0.2, 0.25) is 0 Å². The highest BCUT2D eigenvalue weighted by Gasteiger charge is 2.14. The first kappa shape index (κ1) is 21.1. The van der Waals surface area contributed by atoms with Crippen LogP contribution in [0.15, 0.2) is 66.4 Å². The van der Waals surface area contributed by atoms with Gasteiger partial charge in [0.1, 0.15) is 11.6 Å². The second kappa shape index (κ2) is 8.52. The summed E-state index contributed by atoms with van der Waals surface area (Å²) in [7, 11) is 0. The van der Waals surface area contributed by atoms with Crippen molar-refractivity contribution < 1.29 is 4.79 Å². The minimum absolute atomic E-state index is 0.0613. The Kier molecular flexibility index (Phi) is 5.61. The number of fused-ring (bicyclic) bond motifs is 1. The summed E-state index contributed by atoms with van der Waals surface area (Å²) in [5.41, 5.74) is 7.73. The Morgan fingerprint density at radius 3 is 2.59 bits per heavy atom. The van der Waals surface area contributed by atoms with Gasteiger partial charge in [0.15, 0.2) is 0 Å². The van der Waals surface area contributed by atoms with Crippen LogP contribution in [0.25, 0.3) is 22.7 Å². The van der Waals surface area contributed by atoms with Crippen molar-refractivity contribution in [2.75, 3.05) is 5.32 Å². The van der Waals surface area contributed by atoms with Gasteiger partial charge in [-0.1, -0.05) is 12.1 Å². The van der Waals surface area contributed by atoms with Gasteiger partial charge in [-0.25, -0.2) is 0 Å². The summed E-state index contributed by atoms with van der Waals surface area (Å²) in [6.07, 6.45) is 3.43. The zero-order chi connectivity index (χ0) is 22.8. The molecule has 0 radical (unpaired) electrons. The Labute approximate surface area is 187 Å². The van der Waals surface area contributed by atoms with Crippen molar-refractivity contribution in [3.8, 4) is 11.8 Å². The maximum atomic E-state index is 12.7. The van der Waals surface area contributed by atoms with E-state index in [2.05, 4.69) is 20.9 Å². The fraction of sp³-hybridized carbons (Fsp3) is 0.148. The number of pyridine rings is 1. The molecule has 2 aromatic carbocycles. The van der Waals surface area contributed by atoms with Crippen LogP contribution in [0.5, 0.6) is 0 Å². The summed E-state index contributed by atoms with van der Waals surface area (Å²) < 4.78 is 2.12. The van der Waals surface area contributed by atoms with Crippen LogP contribution in [0.4, 0.5) is 5.69 Å². The smallest absolute Gasteiger partial charge is 0.266 e. The van der Waals surface area contributed by atoms with Gasteiger partial charge in [0.25, 0.3) is 5.91 Å². The van der Waals surface area contributed by atoms with Crippen LogP contribution in [-0.4, -0.2) is 15.5 Å². The number of rotatable bonds is 4. The van der Waals surface area contributed by atoms with E-state index < -0.39 is 5.91 Å². The molecule has 0 unspecified atom stereocenters. The molecule has 5 heteroatoms. The molecule has 0 saturated heterocycles. The van der Waals surface area contributed by atoms with Crippen molar-refractivity contribution in [3.63, 3.8) is 0 Å². The van der Waals surface area contributed by atoms with Crippen molar-refractivity contribution in [1.29, 1.82) is 5.26 Å². The molecule has 0 saturated carbocycles. The number of anilines is 1. The van der Waals surface area contributed by atoms with Gasteiger partial charge in [-0.2, -0.15) is 5.26 Å². The molecule has 0 aliphatic carbocycles. The number of carbonyl (C=O) groups is 1. The lowest BCUT2D eigenvalue weighted by molar-refractivity contribution is -0.112. The van der Waals surface area contributed by atoms with Gasteiger partial charge in [0.05, 0.1) is 5.52 Å². The molecule has 0 spiro atoms. The molecule has 0 atom stereocenters. The van der Waals surface area contributed by atoms with Crippen LogP contribution >= 0.6 is 0 Å². The fourth-order valence-electron chi connectivity index (χ4n) is 3.85. The summed E-state index contributed by atoms with van der Waals surface area (Å²) in [6.45, 7) is 8.01. The Balaban J connectivity index is 1.67. The number of nitriles is 1. The van der Waals surface area contributed by atoms with Crippen LogP contribution in [0.3, 0.4) is 0 Å². The lowest BCUT2D eigenvalue weighted by Gasteiger charge is -2.11. The van der Waals surface area contributed by atoms with E-state index in [-0.39, 0.29) is 5.57 Å². The zero-order valence-corrected chi connectivity index (χ0v) is 18.6. The second-order valence-electron chi connectivity index (χ2n) is 7.97. The minimum Gasteiger partial charge on any atom is -0.321 e. The molecule has 158 valence electrons. The highest BCUT2D eigenvalue weighted by atomic mass is 16.1. The van der Waals surface area contributed by atoms with Gasteiger partial charge in [-0.15, -0.1) is 0 Å². The highest BCUT2D eigenvalue weighted by Crippen LogP contribution is 2.25. The summed E-state index contributed by atoms with van der Waals surface area (Å²) in [6, 6.07) is 19.8. The van der Waals surface area contributed by atoms with E-state index in [0.29, 0.717) is 5.69 Å². The van der Waals surface area contributed by atoms with Crippen molar-refractivity contribution in [1.82, 2.24) is 9.55 Å². The van der Waals surface area contributed by atoms with E-state index >= 15 is 0 Å². The molecule has 1 N–H and O–H groups in total. The van der Waals surface area contributed by atoms with Gasteiger partial charge < -0.3 is 9.88 Å². The first-order valence-corrected chi connectivity index (χ1v) is 10.4. The van der Waals surface area contributed by atoms with Crippen LogP contribution in [0, 0.1) is 39.0 Å². The third kappa shape index (κ3) is 4.03. The molecular weight excluding hydrogens is 396 g/mol. The van der Waals surface area contributed by atoms with E-state index in [1.54, 1.807) is 12.3 Å². The number of amides is 1. The molecule has 0 fully saturated rings. The first-order chi connectivity index (χ1) is 15.4. The van der Waals surface area contributed by atoms with E-state index in [1.165, 1.54) is 0 Å². The highest BCUT2D eigenvalue weighted by molar-refractivity contribution is 6.09. The molecular formula is C27H24N4O. The van der Waals surface area contributed by atoms with Crippen LogP contribution < -0.4 is 5.32 Å². The standard InChI is InChI=1S/C27H24N4O/c1-17-7-8-24(12-18(17)2)30-27(32)23(16-28)14-22-13-19(3)31(20(22)4)25-9-10-26-21(15-25)6-5-11-29-26/h5-15H,1-4H3,(H,30,32)/b23-14-. The number of hydrogen-bond donors (Lipinski definition) is 1. The Hall–Kier alpha value is -4.17. The Morgan fingerprint density at radius 1 is 1.03 bits per heavy atom. The number of nitrogens with zero attached hydrogens (tertiary/aromatic N) is 3. The number of aryl methyl sites for hydroxylation is 3. The van der Waals surface area contributed by atoms with Crippen molar-refractivity contribution in [2.24, 2.45) is 0 Å². The van der Waals surface area contributed by atoms with E-state index in [1.807, 2.05) is 82.3 Å². The van der Waals surface area contributed by atoms with Crippen LogP contribution in [-0.2, 0) is 4.79 Å². The second-order valence-corrected chi connectivity index (χ2v) is 7.97. The van der Waals surface area contributed by atoms with E-state index in [4.69, 9.17) is 0 Å². The maximum Gasteiger partial charge on any atom is 0.266 e. The lowest BCUT2D eigenvalue weighted by Crippen LogP contribution is -2.13. The molecule has 2 aromatic heterocycles. The fourth-order valence-corrected chi connectivity index (χ4v) is 3.85. The van der Waals surface area contributed by atoms with Gasteiger partial charge in [-0.3, -0.25) is 9.78 Å². The number of benzene rings is 2. The summed E-state index contributed by atoms with van der Waals surface area (Å²) in [4.78, 5) is 17.1. The van der Waals surface area contributed by atoms with E-state index in [0.717, 1.165) is 44.7 Å². The van der Waals surface area contributed by atoms with Gasteiger partial charge in [-0.05, 0) is 92.9 Å². The number of nitrogens with one attached hydrogen (secondary N) is 1. The topological polar surface area (TPSA) is 70.7 Å². The Bertz CT molecular complexity index is 1420. The Morgan fingerprint density at radius 2 is 1.84 bits per heavy atom. The largest absolute Gasteiger partial charge is 0.321 e. The molecule has 0 aliphatic heterocycles. The van der Waals surface area contributed by atoms with Crippen LogP contribution in [0.1, 0.15) is 28.1 Å². The third-order valence-electron chi connectivity index (χ3n) is 5.74. The maximum absolute atomic E-state index is 12.7. The molecule has 5 nitrogen and oxygen atoms in total. The summed E-state index contributed by atoms with van der Waals surface area (Å²) >= 11 is 0. The minimum atomic E-state index is -0.419.